The van der Waals surface area contributed by atoms with E-state index in [1.54, 1.807) is 30.5 Å². The van der Waals surface area contributed by atoms with Gasteiger partial charge in [0.2, 0.25) is 0 Å². The van der Waals surface area contributed by atoms with Gasteiger partial charge in [-0.2, -0.15) is 10.4 Å². The maximum atomic E-state index is 12.2. The van der Waals surface area contributed by atoms with Crippen LogP contribution in [0.25, 0.3) is 11.1 Å². The van der Waals surface area contributed by atoms with Crippen molar-refractivity contribution in [1.29, 1.82) is 5.26 Å². The summed E-state index contributed by atoms with van der Waals surface area (Å²) in [5, 5.41) is 12.9. The van der Waals surface area contributed by atoms with Crippen molar-refractivity contribution >= 4 is 12.1 Å². The first-order valence-electron chi connectivity index (χ1n) is 11.6. The van der Waals surface area contributed by atoms with E-state index in [0.29, 0.717) is 30.3 Å². The van der Waals surface area contributed by atoms with Crippen LogP contribution in [-0.4, -0.2) is 31.9 Å². The van der Waals surface area contributed by atoms with E-state index >= 15 is 0 Å². The lowest BCUT2D eigenvalue weighted by Gasteiger charge is -2.11. The van der Waals surface area contributed by atoms with Gasteiger partial charge in [-0.05, 0) is 60.4 Å². The first kappa shape index (κ1) is 25.3. The highest BCUT2D eigenvalue weighted by molar-refractivity contribution is 5.85. The van der Waals surface area contributed by atoms with Crippen LogP contribution in [0.3, 0.4) is 0 Å². The molecule has 3 aromatic rings. The highest BCUT2D eigenvalue weighted by Crippen LogP contribution is 2.25. The molecular weight excluding hydrogens is 442 g/mol. The molecule has 7 heteroatoms. The number of rotatable bonds is 12. The molecule has 7 nitrogen and oxygen atoms in total. The van der Waals surface area contributed by atoms with Crippen molar-refractivity contribution in [1.82, 2.24) is 5.43 Å². The summed E-state index contributed by atoms with van der Waals surface area (Å²) < 4.78 is 17.0. The quantitative estimate of drug-likeness (QED) is 0.285. The zero-order chi connectivity index (χ0) is 24.9. The highest BCUT2D eigenvalue weighted by Gasteiger charge is 2.06. The zero-order valence-corrected chi connectivity index (χ0v) is 20.0. The Balaban J connectivity index is 1.52. The summed E-state index contributed by atoms with van der Waals surface area (Å²) in [7, 11) is 0. The predicted octanol–water partition coefficient (Wildman–Crippen LogP) is 5.33. The number of nitrogens with one attached hydrogen (secondary N) is 1. The van der Waals surface area contributed by atoms with Gasteiger partial charge in [0.1, 0.15) is 17.2 Å². The van der Waals surface area contributed by atoms with E-state index in [9.17, 15) is 4.79 Å². The minimum atomic E-state index is -0.378. The highest BCUT2D eigenvalue weighted by atomic mass is 16.5. The maximum absolute atomic E-state index is 12.2. The number of hydrogen-bond acceptors (Lipinski definition) is 6. The SMILES string of the molecule is CCCOc1ccc(/C=N/NC(=O)COc2ccc(-c3ccc(C#N)cc3)cc2)c(OCCC)c1. The second kappa shape index (κ2) is 13.4. The van der Waals surface area contributed by atoms with Gasteiger partial charge in [0.05, 0.1) is 31.1 Å². The van der Waals surface area contributed by atoms with E-state index in [-0.39, 0.29) is 12.5 Å². The van der Waals surface area contributed by atoms with Crippen LogP contribution in [0, 0.1) is 11.3 Å². The zero-order valence-electron chi connectivity index (χ0n) is 20.0. The Morgan fingerprint density at radius 1 is 0.886 bits per heavy atom. The molecule has 3 rings (SSSR count). The van der Waals surface area contributed by atoms with E-state index in [2.05, 4.69) is 23.5 Å². The fourth-order valence-corrected chi connectivity index (χ4v) is 3.10. The predicted molar refractivity (Wildman–Crippen MR) is 136 cm³/mol. The van der Waals surface area contributed by atoms with Crippen molar-refractivity contribution in [3.63, 3.8) is 0 Å². The van der Waals surface area contributed by atoms with Gasteiger partial charge >= 0.3 is 0 Å². The normalized spacial score (nSPS) is 10.5. The van der Waals surface area contributed by atoms with Crippen LogP contribution in [0.1, 0.15) is 37.8 Å². The van der Waals surface area contributed by atoms with Crippen LogP contribution in [-0.2, 0) is 4.79 Å². The Morgan fingerprint density at radius 2 is 1.51 bits per heavy atom. The molecule has 0 spiro atoms. The molecule has 0 heterocycles. The van der Waals surface area contributed by atoms with E-state index in [0.717, 1.165) is 35.3 Å². The van der Waals surface area contributed by atoms with Gasteiger partial charge in [-0.25, -0.2) is 5.43 Å². The smallest absolute Gasteiger partial charge is 0.277 e. The molecule has 0 aliphatic carbocycles. The monoisotopic (exact) mass is 471 g/mol. The molecule has 0 saturated carbocycles. The maximum Gasteiger partial charge on any atom is 0.277 e. The summed E-state index contributed by atoms with van der Waals surface area (Å²) in [6.45, 7) is 5.12. The van der Waals surface area contributed by atoms with E-state index in [1.165, 1.54) is 0 Å². The molecule has 0 saturated heterocycles. The van der Waals surface area contributed by atoms with Gasteiger partial charge in [0, 0.05) is 11.6 Å². The number of nitrogens with zero attached hydrogens (tertiary/aromatic N) is 2. The second-order valence-electron chi connectivity index (χ2n) is 7.69. The molecule has 0 unspecified atom stereocenters. The minimum absolute atomic E-state index is 0.170. The number of carbonyl (C=O) groups excluding carboxylic acids is 1. The van der Waals surface area contributed by atoms with Crippen LogP contribution in [0.4, 0.5) is 0 Å². The molecule has 3 aromatic carbocycles. The van der Waals surface area contributed by atoms with Crippen LogP contribution >= 0.6 is 0 Å². The molecule has 0 aliphatic heterocycles. The third kappa shape index (κ3) is 7.90. The van der Waals surface area contributed by atoms with Crippen molar-refractivity contribution in [3.05, 3.63) is 77.9 Å². The molecule has 0 aliphatic rings. The fraction of sp³-hybridized carbons (Fsp3) is 0.250. The number of carbonyl (C=O) groups is 1. The number of amides is 1. The van der Waals surface area contributed by atoms with Crippen molar-refractivity contribution in [3.8, 4) is 34.4 Å². The first-order valence-corrected chi connectivity index (χ1v) is 11.6. The number of hydrogen-bond donors (Lipinski definition) is 1. The van der Waals surface area contributed by atoms with Crippen molar-refractivity contribution in [2.24, 2.45) is 5.10 Å². The van der Waals surface area contributed by atoms with Crippen molar-refractivity contribution in [2.45, 2.75) is 26.7 Å². The second-order valence-corrected chi connectivity index (χ2v) is 7.69. The molecule has 180 valence electrons. The Labute approximate surface area is 206 Å². The number of nitriles is 1. The number of hydrazone groups is 1. The van der Waals surface area contributed by atoms with Crippen molar-refractivity contribution in [2.75, 3.05) is 19.8 Å². The molecule has 0 fully saturated rings. The Morgan fingerprint density at radius 3 is 2.17 bits per heavy atom. The average molecular weight is 472 g/mol. The summed E-state index contributed by atoms with van der Waals surface area (Å²) in [4.78, 5) is 12.2. The topological polar surface area (TPSA) is 92.9 Å². The van der Waals surface area contributed by atoms with Gasteiger partial charge in [0.25, 0.3) is 5.91 Å². The Kier molecular flexibility index (Phi) is 9.70. The van der Waals surface area contributed by atoms with Crippen LogP contribution < -0.4 is 19.6 Å². The summed E-state index contributed by atoms with van der Waals surface area (Å²) >= 11 is 0. The summed E-state index contributed by atoms with van der Waals surface area (Å²) in [5.74, 6) is 1.57. The van der Waals surface area contributed by atoms with Gasteiger partial charge in [-0.3, -0.25) is 4.79 Å². The van der Waals surface area contributed by atoms with E-state index in [4.69, 9.17) is 19.5 Å². The standard InChI is InChI=1S/C28H29N3O4/c1-3-15-33-26-14-11-24(27(17-26)34-16-4-2)19-30-31-28(32)20-35-25-12-9-23(10-13-25)22-7-5-21(18-29)6-8-22/h5-14,17,19H,3-4,15-16,20H2,1-2H3,(H,31,32)/b30-19+. The van der Waals surface area contributed by atoms with Gasteiger partial charge in [-0.1, -0.05) is 38.1 Å². The number of benzene rings is 3. The summed E-state index contributed by atoms with van der Waals surface area (Å²) in [5.41, 5.74) is 5.81. The third-order valence-electron chi connectivity index (χ3n) is 4.88. The lowest BCUT2D eigenvalue weighted by Crippen LogP contribution is -2.24. The lowest BCUT2D eigenvalue weighted by atomic mass is 10.0. The Bertz CT molecular complexity index is 1170. The van der Waals surface area contributed by atoms with Crippen LogP contribution in [0.2, 0.25) is 0 Å². The molecule has 0 bridgehead atoms. The average Bonchev–Trinajstić information content (AvgIpc) is 2.90. The van der Waals surface area contributed by atoms with Crippen LogP contribution in [0.5, 0.6) is 17.2 Å². The fourth-order valence-electron chi connectivity index (χ4n) is 3.10. The summed E-state index contributed by atoms with van der Waals surface area (Å²) in [6, 6.07) is 22.4. The molecule has 1 N–H and O–H groups in total. The van der Waals surface area contributed by atoms with E-state index in [1.807, 2.05) is 49.4 Å². The molecule has 35 heavy (non-hydrogen) atoms. The van der Waals surface area contributed by atoms with Crippen LogP contribution in [0.15, 0.2) is 71.8 Å². The molecule has 0 radical (unpaired) electrons. The minimum Gasteiger partial charge on any atom is -0.493 e. The molecule has 1 amide bonds. The van der Waals surface area contributed by atoms with Gasteiger partial charge in [-0.15, -0.1) is 0 Å². The number of ether oxygens (including phenoxy) is 3. The third-order valence-corrected chi connectivity index (χ3v) is 4.88. The van der Waals surface area contributed by atoms with Crippen molar-refractivity contribution < 1.29 is 19.0 Å². The molecule has 0 atom stereocenters. The van der Waals surface area contributed by atoms with Gasteiger partial charge in [0.15, 0.2) is 6.61 Å². The largest absolute Gasteiger partial charge is 0.493 e. The van der Waals surface area contributed by atoms with Gasteiger partial charge < -0.3 is 14.2 Å². The van der Waals surface area contributed by atoms with E-state index < -0.39 is 0 Å². The Hall–Kier alpha value is -4.31. The molecular formula is C28H29N3O4. The molecule has 0 aromatic heterocycles. The summed E-state index contributed by atoms with van der Waals surface area (Å²) in [6.07, 6.45) is 3.34. The lowest BCUT2D eigenvalue weighted by molar-refractivity contribution is -0.123. The first-order chi connectivity index (χ1) is 17.1.